The van der Waals surface area contributed by atoms with Gasteiger partial charge in [-0.1, -0.05) is 18.2 Å². The predicted molar refractivity (Wildman–Crippen MR) is 81.8 cm³/mol. The number of thiazole rings is 1. The molecule has 1 aromatic carbocycles. The zero-order valence-corrected chi connectivity index (χ0v) is 12.0. The van der Waals surface area contributed by atoms with Gasteiger partial charge in [-0.25, -0.2) is 4.98 Å². The highest BCUT2D eigenvalue weighted by Gasteiger charge is 2.02. The van der Waals surface area contributed by atoms with Gasteiger partial charge in [0.1, 0.15) is 0 Å². The van der Waals surface area contributed by atoms with E-state index in [0.29, 0.717) is 12.5 Å². The lowest BCUT2D eigenvalue weighted by atomic mass is 10.3. The molecule has 1 aromatic heterocycles. The number of hydrogen-bond donors (Lipinski definition) is 2. The summed E-state index contributed by atoms with van der Waals surface area (Å²) in [5.41, 5.74) is 7.89. The van der Waals surface area contributed by atoms with Crippen molar-refractivity contribution >= 4 is 23.0 Å². The molecule has 2 rings (SSSR count). The number of guanidine groups is 1. The lowest BCUT2D eigenvalue weighted by Gasteiger charge is -2.04. The first kappa shape index (κ1) is 13.5. The molecule has 0 saturated carbocycles. The molecule has 0 fully saturated rings. The summed E-state index contributed by atoms with van der Waals surface area (Å²) in [7, 11) is 0. The maximum Gasteiger partial charge on any atom is 0.193 e. The van der Waals surface area contributed by atoms with Crippen LogP contribution < -0.4 is 11.1 Å². The highest BCUT2D eigenvalue weighted by molar-refractivity contribution is 7.11. The number of benzene rings is 1. The van der Waals surface area contributed by atoms with Gasteiger partial charge in [-0.2, -0.15) is 0 Å². The van der Waals surface area contributed by atoms with Gasteiger partial charge in [0.15, 0.2) is 5.96 Å². The van der Waals surface area contributed by atoms with Crippen LogP contribution in [0.1, 0.15) is 15.6 Å². The second kappa shape index (κ2) is 6.33. The third-order valence-electron chi connectivity index (χ3n) is 2.73. The van der Waals surface area contributed by atoms with Crippen LogP contribution in [0.25, 0.3) is 0 Å². The number of aliphatic imine (C=N–C) groups is 1. The molecule has 4 nitrogen and oxygen atoms in total. The summed E-state index contributed by atoms with van der Waals surface area (Å²) in [6, 6.07) is 9.78. The van der Waals surface area contributed by atoms with Crippen LogP contribution in [0.2, 0.25) is 0 Å². The van der Waals surface area contributed by atoms with Gasteiger partial charge in [0.05, 0.1) is 10.7 Å². The molecule has 0 radical (unpaired) electrons. The maximum atomic E-state index is 5.83. The molecule has 19 heavy (non-hydrogen) atoms. The first-order valence-corrected chi connectivity index (χ1v) is 7.01. The van der Waals surface area contributed by atoms with E-state index in [9.17, 15) is 0 Å². The first-order valence-electron chi connectivity index (χ1n) is 6.20. The molecule has 0 aliphatic rings. The van der Waals surface area contributed by atoms with Crippen molar-refractivity contribution in [2.24, 2.45) is 10.7 Å². The fourth-order valence-electron chi connectivity index (χ4n) is 1.63. The van der Waals surface area contributed by atoms with E-state index in [1.165, 1.54) is 4.88 Å². The third-order valence-corrected chi connectivity index (χ3v) is 3.86. The fourth-order valence-corrected chi connectivity index (χ4v) is 2.55. The number of anilines is 1. The summed E-state index contributed by atoms with van der Waals surface area (Å²) in [5.74, 6) is 0.441. The lowest BCUT2D eigenvalue weighted by molar-refractivity contribution is 0.941. The van der Waals surface area contributed by atoms with Crippen LogP contribution in [0.4, 0.5) is 5.69 Å². The monoisotopic (exact) mass is 274 g/mol. The third kappa shape index (κ3) is 4.06. The zero-order valence-electron chi connectivity index (χ0n) is 11.2. The molecule has 2 aromatic rings. The van der Waals surface area contributed by atoms with Crippen LogP contribution in [0, 0.1) is 13.8 Å². The van der Waals surface area contributed by atoms with Crippen LogP contribution in [-0.4, -0.2) is 17.5 Å². The van der Waals surface area contributed by atoms with Gasteiger partial charge < -0.3 is 11.1 Å². The first-order chi connectivity index (χ1) is 9.15. The van der Waals surface area contributed by atoms with Gasteiger partial charge in [-0.05, 0) is 26.0 Å². The summed E-state index contributed by atoms with van der Waals surface area (Å²) < 4.78 is 0. The minimum atomic E-state index is 0.441. The smallest absolute Gasteiger partial charge is 0.193 e. The SMILES string of the molecule is Cc1nc(CCN=C(N)Nc2ccccc2)sc1C. The normalized spacial score (nSPS) is 11.6. The Kier molecular flexibility index (Phi) is 4.52. The maximum absolute atomic E-state index is 5.83. The number of nitrogens with one attached hydrogen (secondary N) is 1. The summed E-state index contributed by atoms with van der Waals surface area (Å²) in [6.45, 7) is 4.77. The van der Waals surface area contributed by atoms with Crippen LogP contribution in [-0.2, 0) is 6.42 Å². The van der Waals surface area contributed by atoms with Crippen LogP contribution in [0.5, 0.6) is 0 Å². The summed E-state index contributed by atoms with van der Waals surface area (Å²) in [6.07, 6.45) is 0.830. The van der Waals surface area contributed by atoms with Gasteiger partial charge >= 0.3 is 0 Å². The van der Waals surface area contributed by atoms with E-state index >= 15 is 0 Å². The van der Waals surface area contributed by atoms with E-state index in [1.54, 1.807) is 11.3 Å². The molecule has 3 N–H and O–H groups in total. The van der Waals surface area contributed by atoms with E-state index in [1.807, 2.05) is 37.3 Å². The number of aryl methyl sites for hydroxylation is 2. The Balaban J connectivity index is 1.85. The number of rotatable bonds is 4. The molecule has 0 saturated heterocycles. The van der Waals surface area contributed by atoms with Gasteiger partial charge in [-0.3, -0.25) is 4.99 Å². The van der Waals surface area contributed by atoms with Crippen molar-refractivity contribution < 1.29 is 0 Å². The van der Waals surface area contributed by atoms with E-state index in [0.717, 1.165) is 22.8 Å². The standard InChI is InChI=1S/C14H18N4S/c1-10-11(2)19-13(17-10)8-9-16-14(15)18-12-6-4-3-5-7-12/h3-7H,8-9H2,1-2H3,(H3,15,16,18). The number of nitrogens with two attached hydrogens (primary N) is 1. The molecule has 0 amide bonds. The van der Waals surface area contributed by atoms with Crippen LogP contribution in [0.15, 0.2) is 35.3 Å². The number of hydrogen-bond acceptors (Lipinski definition) is 3. The Bertz CT molecular complexity index is 541. The van der Waals surface area contributed by atoms with Gasteiger partial charge in [0.2, 0.25) is 0 Å². The number of aromatic nitrogens is 1. The van der Waals surface area contributed by atoms with E-state index in [4.69, 9.17) is 5.73 Å². The average molecular weight is 274 g/mol. The predicted octanol–water partition coefficient (Wildman–Crippen LogP) is 2.73. The largest absolute Gasteiger partial charge is 0.370 e. The Morgan fingerprint density at radius 2 is 2.05 bits per heavy atom. The minimum absolute atomic E-state index is 0.441. The lowest BCUT2D eigenvalue weighted by Crippen LogP contribution is -2.22. The fraction of sp³-hybridized carbons (Fsp3) is 0.286. The molecule has 0 unspecified atom stereocenters. The van der Waals surface area contributed by atoms with Crippen LogP contribution in [0.3, 0.4) is 0 Å². The Morgan fingerprint density at radius 1 is 1.32 bits per heavy atom. The van der Waals surface area contributed by atoms with Gasteiger partial charge in [-0.15, -0.1) is 11.3 Å². The molecule has 1 heterocycles. The Labute approximate surface area is 117 Å². The quantitative estimate of drug-likeness (QED) is 0.665. The summed E-state index contributed by atoms with van der Waals surface area (Å²) in [4.78, 5) is 10.1. The van der Waals surface area contributed by atoms with Gasteiger partial charge in [0, 0.05) is 23.5 Å². The Morgan fingerprint density at radius 3 is 2.68 bits per heavy atom. The van der Waals surface area contributed by atoms with E-state index < -0.39 is 0 Å². The van der Waals surface area contributed by atoms with Crippen molar-refractivity contribution in [3.63, 3.8) is 0 Å². The molecule has 100 valence electrons. The number of nitrogens with zero attached hydrogens (tertiary/aromatic N) is 2. The molecular formula is C14H18N4S. The molecule has 5 heteroatoms. The summed E-state index contributed by atoms with van der Waals surface area (Å²) >= 11 is 1.73. The Hall–Kier alpha value is -1.88. The molecule has 0 aliphatic carbocycles. The topological polar surface area (TPSA) is 63.3 Å². The summed E-state index contributed by atoms with van der Waals surface area (Å²) in [5, 5.41) is 4.17. The highest BCUT2D eigenvalue weighted by Crippen LogP contribution is 2.16. The molecule has 0 spiro atoms. The average Bonchev–Trinajstić information content (AvgIpc) is 2.70. The van der Waals surface area contributed by atoms with Crippen molar-refractivity contribution in [1.82, 2.24) is 4.98 Å². The van der Waals surface area contributed by atoms with Crippen molar-refractivity contribution in [3.05, 3.63) is 45.9 Å². The molecule has 0 aliphatic heterocycles. The van der Waals surface area contributed by atoms with Crippen molar-refractivity contribution in [2.75, 3.05) is 11.9 Å². The molecular weight excluding hydrogens is 256 g/mol. The number of para-hydroxylation sites is 1. The van der Waals surface area contributed by atoms with Crippen molar-refractivity contribution in [2.45, 2.75) is 20.3 Å². The van der Waals surface area contributed by atoms with Gasteiger partial charge in [0.25, 0.3) is 0 Å². The minimum Gasteiger partial charge on any atom is -0.370 e. The molecule has 0 bridgehead atoms. The molecule has 0 atom stereocenters. The van der Waals surface area contributed by atoms with E-state index in [-0.39, 0.29) is 0 Å². The van der Waals surface area contributed by atoms with E-state index in [2.05, 4.69) is 22.2 Å². The van der Waals surface area contributed by atoms with Crippen LogP contribution >= 0.6 is 11.3 Å². The second-order valence-corrected chi connectivity index (χ2v) is 5.54. The zero-order chi connectivity index (χ0) is 13.7. The van der Waals surface area contributed by atoms with Crippen molar-refractivity contribution in [3.8, 4) is 0 Å². The second-order valence-electron chi connectivity index (χ2n) is 4.26. The highest BCUT2D eigenvalue weighted by atomic mass is 32.1. The van der Waals surface area contributed by atoms with Crippen molar-refractivity contribution in [1.29, 1.82) is 0 Å².